The predicted octanol–water partition coefficient (Wildman–Crippen LogP) is 13.1. The summed E-state index contributed by atoms with van der Waals surface area (Å²) in [6.07, 6.45) is 0. The van der Waals surface area contributed by atoms with Gasteiger partial charge in [0.25, 0.3) is 6.71 Å². The van der Waals surface area contributed by atoms with Crippen LogP contribution in [0.15, 0.2) is 370 Å². The second-order valence-electron chi connectivity index (χ2n) is 25.0. The average Bonchev–Trinajstić information content (AvgIpc) is 0.840. The first-order valence-electron chi connectivity index (χ1n) is 33.0. The summed E-state index contributed by atoms with van der Waals surface area (Å²) >= 11 is 0. The standard InChI is InChI=1S/C87H61BN6Si2/c1-9-32-62(33-10-1)85-89-86(63-34-11-2-12-35-63)91-87(90-85)94-80-55-30-27-52-76(80)88-77-57-56-73(96(69-43-19-6-20-44-69,70-45-21-7-22-46-70)71-47-23-8-24-48-71)61-81(77)92(82-59-65(60-83(94)84(82)88)93-78-53-28-25-50-74(78)75-51-26-29-54-79(75)93)64-36-31-49-72(58-64)95(66-37-13-3-14-38-66,67-39-15-4-16-40-67)68-41-17-5-18-42-68/h1-61H. The van der Waals surface area contributed by atoms with Gasteiger partial charge in [0, 0.05) is 50.3 Å². The van der Waals surface area contributed by atoms with Gasteiger partial charge in [0.2, 0.25) is 5.95 Å². The predicted molar refractivity (Wildman–Crippen MR) is 406 cm³/mol. The van der Waals surface area contributed by atoms with Crippen LogP contribution in [0.5, 0.6) is 0 Å². The second-order valence-corrected chi connectivity index (χ2v) is 32.6. The fraction of sp³-hybridized carbons (Fsp3) is 0. The summed E-state index contributed by atoms with van der Waals surface area (Å²) in [5.74, 6) is 1.71. The minimum Gasteiger partial charge on any atom is -0.311 e. The lowest BCUT2D eigenvalue weighted by Crippen LogP contribution is -2.75. The molecule has 0 amide bonds. The monoisotopic (exact) mass is 1260 g/mol. The molecule has 0 fully saturated rings. The lowest BCUT2D eigenvalue weighted by atomic mass is 9.33. The first-order chi connectivity index (χ1) is 47.6. The third kappa shape index (κ3) is 9.03. The Morgan fingerprint density at radius 3 is 1.09 bits per heavy atom. The number of hydrogen-bond donors (Lipinski definition) is 0. The van der Waals surface area contributed by atoms with E-state index >= 15 is 0 Å². The Labute approximate surface area is 561 Å². The number of aromatic nitrogens is 4. The lowest BCUT2D eigenvalue weighted by molar-refractivity contribution is 1.02. The van der Waals surface area contributed by atoms with Crippen LogP contribution in [0.4, 0.5) is 34.4 Å². The maximum atomic E-state index is 5.61. The van der Waals surface area contributed by atoms with E-state index in [4.69, 9.17) is 15.0 Å². The van der Waals surface area contributed by atoms with Gasteiger partial charge in [-0.15, -0.1) is 0 Å². The van der Waals surface area contributed by atoms with Crippen LogP contribution in [0.1, 0.15) is 0 Å². The fourth-order valence-electron chi connectivity index (χ4n) is 15.9. The van der Waals surface area contributed by atoms with Crippen molar-refractivity contribution in [1.29, 1.82) is 0 Å². The summed E-state index contributed by atoms with van der Waals surface area (Å²) < 4.78 is 2.48. The van der Waals surface area contributed by atoms with Crippen molar-refractivity contribution in [1.82, 2.24) is 19.5 Å². The van der Waals surface area contributed by atoms with Crippen LogP contribution in [0.2, 0.25) is 0 Å². The molecule has 0 aliphatic carbocycles. The van der Waals surface area contributed by atoms with Gasteiger partial charge in [0.05, 0.1) is 16.7 Å². The topological polar surface area (TPSA) is 50.1 Å². The molecule has 450 valence electrons. The molecule has 0 saturated heterocycles. The maximum Gasteiger partial charge on any atom is 0.252 e. The zero-order chi connectivity index (χ0) is 63.6. The Kier molecular flexibility index (Phi) is 13.9. The summed E-state index contributed by atoms with van der Waals surface area (Å²) in [5.41, 5.74) is 13.8. The van der Waals surface area contributed by atoms with E-state index in [9.17, 15) is 0 Å². The van der Waals surface area contributed by atoms with E-state index in [2.05, 4.69) is 372 Å². The van der Waals surface area contributed by atoms with Crippen LogP contribution in [0, 0.1) is 0 Å². The van der Waals surface area contributed by atoms with Crippen molar-refractivity contribution in [2.24, 2.45) is 0 Å². The van der Waals surface area contributed by atoms with Gasteiger partial charge >= 0.3 is 0 Å². The van der Waals surface area contributed by atoms with Gasteiger partial charge in [-0.3, -0.25) is 4.90 Å². The summed E-state index contributed by atoms with van der Waals surface area (Å²) in [7, 11) is -6.26. The van der Waals surface area contributed by atoms with Crippen molar-refractivity contribution in [3.8, 4) is 28.5 Å². The van der Waals surface area contributed by atoms with E-state index in [1.807, 2.05) is 12.1 Å². The van der Waals surface area contributed by atoms with Crippen LogP contribution in [-0.4, -0.2) is 42.4 Å². The van der Waals surface area contributed by atoms with Gasteiger partial charge in [-0.25, -0.2) is 4.98 Å². The number of rotatable bonds is 13. The highest BCUT2D eigenvalue weighted by atomic mass is 28.3. The molecule has 0 bridgehead atoms. The summed E-state index contributed by atoms with van der Waals surface area (Å²) in [6.45, 7) is -0.241. The molecule has 0 unspecified atom stereocenters. The number of anilines is 6. The number of nitrogens with zero attached hydrogens (tertiary/aromatic N) is 6. The SMILES string of the molecule is c1ccc(-c2nc(-c3ccccc3)nc(N3c4ccccc4B4c5ccc([Si](c6ccccc6)(c6ccccc6)c6ccccc6)cc5N(c5cccc([Si](c6ccccc6)(c6ccccc6)c6ccccc6)c5)c5cc(-n6c7ccccc7c7ccccc76)cc3c54)n2)cc1. The highest BCUT2D eigenvalue weighted by molar-refractivity contribution is 7.20. The zero-order valence-electron chi connectivity index (χ0n) is 52.5. The average molecular weight is 1260 g/mol. The molecule has 2 aliphatic heterocycles. The summed E-state index contributed by atoms with van der Waals surface area (Å²) in [5, 5.41) is 12.8. The Morgan fingerprint density at radius 2 is 0.625 bits per heavy atom. The summed E-state index contributed by atoms with van der Waals surface area (Å²) in [6, 6.07) is 137. The molecule has 6 nitrogen and oxygen atoms in total. The van der Waals surface area contributed by atoms with E-state index in [0.29, 0.717) is 17.6 Å². The van der Waals surface area contributed by atoms with Crippen LogP contribution in [0.3, 0.4) is 0 Å². The minimum absolute atomic E-state index is 0.241. The Morgan fingerprint density at radius 1 is 0.250 bits per heavy atom. The molecular weight excluding hydrogens is 1200 g/mol. The van der Waals surface area contributed by atoms with Gasteiger partial charge in [0.15, 0.2) is 27.8 Å². The molecule has 9 heteroatoms. The van der Waals surface area contributed by atoms with E-state index in [0.717, 1.165) is 67.2 Å². The van der Waals surface area contributed by atoms with Crippen molar-refractivity contribution < 1.29 is 0 Å². The molecule has 0 radical (unpaired) electrons. The molecule has 96 heavy (non-hydrogen) atoms. The van der Waals surface area contributed by atoms with Crippen LogP contribution in [0.25, 0.3) is 50.3 Å². The molecule has 2 aromatic heterocycles. The first-order valence-corrected chi connectivity index (χ1v) is 37.0. The van der Waals surface area contributed by atoms with Crippen molar-refractivity contribution in [3.63, 3.8) is 0 Å². The van der Waals surface area contributed by atoms with Crippen LogP contribution in [-0.2, 0) is 0 Å². The van der Waals surface area contributed by atoms with Crippen molar-refractivity contribution in [2.45, 2.75) is 0 Å². The Hall–Kier alpha value is -12.0. The molecular formula is C87H61BN6Si2. The number of para-hydroxylation sites is 3. The molecule has 0 atom stereocenters. The molecule has 0 saturated carbocycles. The van der Waals surface area contributed by atoms with Crippen LogP contribution < -0.4 is 67.7 Å². The molecule has 0 spiro atoms. The fourth-order valence-corrected chi connectivity index (χ4v) is 25.4. The normalized spacial score (nSPS) is 12.5. The Balaban J connectivity index is 0.996. The number of hydrogen-bond acceptors (Lipinski definition) is 5. The third-order valence-corrected chi connectivity index (χ3v) is 29.4. The van der Waals surface area contributed by atoms with Crippen molar-refractivity contribution in [3.05, 3.63) is 370 Å². The van der Waals surface area contributed by atoms with Gasteiger partial charge < -0.3 is 9.47 Å². The van der Waals surface area contributed by atoms with Gasteiger partial charge in [-0.1, -0.05) is 322 Å². The smallest absolute Gasteiger partial charge is 0.252 e. The molecule has 18 rings (SSSR count). The van der Waals surface area contributed by atoms with E-state index < -0.39 is 16.1 Å². The largest absolute Gasteiger partial charge is 0.311 e. The maximum absolute atomic E-state index is 5.61. The van der Waals surface area contributed by atoms with Gasteiger partial charge in [0.1, 0.15) is 0 Å². The van der Waals surface area contributed by atoms with Crippen LogP contribution >= 0.6 is 0 Å². The second kappa shape index (κ2) is 23.5. The minimum atomic E-state index is -3.15. The zero-order valence-corrected chi connectivity index (χ0v) is 54.5. The molecule has 14 aromatic carbocycles. The summed E-state index contributed by atoms with van der Waals surface area (Å²) in [4.78, 5) is 21.5. The first kappa shape index (κ1) is 56.7. The number of benzene rings is 14. The molecule has 16 aromatic rings. The molecule has 2 aliphatic rings. The van der Waals surface area contributed by atoms with E-state index in [1.165, 1.54) is 57.7 Å². The van der Waals surface area contributed by atoms with Gasteiger partial charge in [-0.05, 0) is 106 Å². The molecule has 4 heterocycles. The van der Waals surface area contributed by atoms with Gasteiger partial charge in [-0.2, -0.15) is 9.97 Å². The molecule has 0 N–H and O–H groups in total. The quantitative estimate of drug-likeness (QED) is 0.0850. The number of fused-ring (bicyclic) bond motifs is 7. The highest BCUT2D eigenvalue weighted by Gasteiger charge is 2.48. The van der Waals surface area contributed by atoms with E-state index in [-0.39, 0.29) is 6.71 Å². The van der Waals surface area contributed by atoms with Crippen molar-refractivity contribution >= 4 is 137 Å². The van der Waals surface area contributed by atoms with Crippen molar-refractivity contribution in [2.75, 3.05) is 9.80 Å². The van der Waals surface area contributed by atoms with E-state index in [1.54, 1.807) is 0 Å². The lowest BCUT2D eigenvalue weighted by Gasteiger charge is -2.45. The highest BCUT2D eigenvalue weighted by Crippen LogP contribution is 2.46. The Bertz CT molecular complexity index is 5250. The third-order valence-electron chi connectivity index (χ3n) is 19.9.